The van der Waals surface area contributed by atoms with Crippen molar-refractivity contribution in [2.45, 2.75) is 45.5 Å². The van der Waals surface area contributed by atoms with Gasteiger partial charge < -0.3 is 9.47 Å². The van der Waals surface area contributed by atoms with Gasteiger partial charge in [-0.2, -0.15) is 0 Å². The van der Waals surface area contributed by atoms with Crippen LogP contribution in [0.25, 0.3) is 0 Å². The maximum Gasteiger partial charge on any atom is 0.305 e. The number of ether oxygens (including phenoxy) is 2. The molecule has 1 rings (SSSR count). The van der Waals surface area contributed by atoms with Gasteiger partial charge in [0.1, 0.15) is 6.10 Å². The highest BCUT2D eigenvalue weighted by molar-refractivity contribution is 5.69. The molecule has 1 aromatic rings. The smallest absolute Gasteiger partial charge is 0.305 e. The van der Waals surface area contributed by atoms with Crippen LogP contribution in [0.5, 0.6) is 0 Å². The summed E-state index contributed by atoms with van der Waals surface area (Å²) in [7, 11) is 0. The predicted octanol–water partition coefficient (Wildman–Crippen LogP) is 3.49. The van der Waals surface area contributed by atoms with Crippen LogP contribution in [0.15, 0.2) is 43.0 Å². The number of esters is 1. The molecule has 0 N–H and O–H groups in total. The normalized spacial score (nSPS) is 13.6. The van der Waals surface area contributed by atoms with Gasteiger partial charge in [0, 0.05) is 6.42 Å². The Hall–Kier alpha value is -1.61. The average molecular weight is 262 g/mol. The van der Waals surface area contributed by atoms with Crippen LogP contribution in [-0.4, -0.2) is 18.2 Å². The van der Waals surface area contributed by atoms with Crippen LogP contribution in [-0.2, 0) is 20.9 Å². The maximum atomic E-state index is 11.3. The molecule has 0 saturated heterocycles. The molecular weight excluding hydrogens is 240 g/mol. The van der Waals surface area contributed by atoms with Crippen molar-refractivity contribution in [3.8, 4) is 0 Å². The highest BCUT2D eigenvalue weighted by Crippen LogP contribution is 2.13. The van der Waals surface area contributed by atoms with Crippen LogP contribution in [0, 0.1) is 0 Å². The van der Waals surface area contributed by atoms with Crippen molar-refractivity contribution >= 4 is 5.97 Å². The fraction of sp³-hybridized carbons (Fsp3) is 0.438. The molecule has 0 bridgehead atoms. The quantitative estimate of drug-likeness (QED) is 0.531. The summed E-state index contributed by atoms with van der Waals surface area (Å²) >= 11 is 0. The first-order valence-electron chi connectivity index (χ1n) is 6.63. The summed E-state index contributed by atoms with van der Waals surface area (Å²) in [4.78, 5) is 11.3. The molecule has 0 amide bonds. The number of hydrogen-bond donors (Lipinski definition) is 0. The van der Waals surface area contributed by atoms with Gasteiger partial charge in [0.25, 0.3) is 0 Å². The molecule has 0 fully saturated rings. The fourth-order valence-corrected chi connectivity index (χ4v) is 1.70. The molecule has 0 aliphatic carbocycles. The second kappa shape index (κ2) is 8.48. The molecule has 104 valence electrons. The first kappa shape index (κ1) is 15.4. The Labute approximate surface area is 115 Å². The minimum absolute atomic E-state index is 0.159. The van der Waals surface area contributed by atoms with E-state index in [1.807, 2.05) is 37.3 Å². The van der Waals surface area contributed by atoms with Crippen LogP contribution in [0.1, 0.15) is 32.3 Å². The van der Waals surface area contributed by atoms with E-state index in [4.69, 9.17) is 9.47 Å². The Morgan fingerprint density at radius 3 is 2.63 bits per heavy atom. The summed E-state index contributed by atoms with van der Waals surface area (Å²) in [6.45, 7) is 7.86. The van der Waals surface area contributed by atoms with E-state index < -0.39 is 0 Å². The lowest BCUT2D eigenvalue weighted by Crippen LogP contribution is -2.30. The molecule has 0 heterocycles. The van der Waals surface area contributed by atoms with Crippen LogP contribution in [0.2, 0.25) is 0 Å². The van der Waals surface area contributed by atoms with Gasteiger partial charge in [-0.3, -0.25) is 4.79 Å². The number of carbonyl (C=O) groups excluding carboxylic acids is 1. The number of hydrogen-bond acceptors (Lipinski definition) is 3. The zero-order valence-corrected chi connectivity index (χ0v) is 11.7. The summed E-state index contributed by atoms with van der Waals surface area (Å²) < 4.78 is 11.1. The fourth-order valence-electron chi connectivity index (χ4n) is 1.70. The monoisotopic (exact) mass is 262 g/mol. The molecule has 0 radical (unpaired) electrons. The summed E-state index contributed by atoms with van der Waals surface area (Å²) in [5.74, 6) is -0.204. The van der Waals surface area contributed by atoms with Gasteiger partial charge in [-0.1, -0.05) is 43.3 Å². The lowest BCUT2D eigenvalue weighted by atomic mass is 10.1. The topological polar surface area (TPSA) is 35.5 Å². The van der Waals surface area contributed by atoms with E-state index >= 15 is 0 Å². The van der Waals surface area contributed by atoms with Crippen molar-refractivity contribution in [1.29, 1.82) is 0 Å². The van der Waals surface area contributed by atoms with Crippen LogP contribution in [0.4, 0.5) is 0 Å². The van der Waals surface area contributed by atoms with Gasteiger partial charge in [-0.15, -0.1) is 6.58 Å². The first-order valence-corrected chi connectivity index (χ1v) is 6.63. The third-order valence-electron chi connectivity index (χ3n) is 2.84. The second-order valence-corrected chi connectivity index (χ2v) is 4.41. The molecule has 0 aliphatic heterocycles. The summed E-state index contributed by atoms with van der Waals surface area (Å²) in [6.07, 6.45) is 2.39. The number of carbonyl (C=O) groups is 1. The molecule has 0 spiro atoms. The second-order valence-electron chi connectivity index (χ2n) is 4.41. The molecule has 0 unspecified atom stereocenters. The van der Waals surface area contributed by atoms with Gasteiger partial charge in [-0.25, -0.2) is 0 Å². The van der Waals surface area contributed by atoms with E-state index in [9.17, 15) is 4.79 Å². The van der Waals surface area contributed by atoms with Crippen molar-refractivity contribution in [2.24, 2.45) is 0 Å². The lowest BCUT2D eigenvalue weighted by Gasteiger charge is -2.23. The maximum absolute atomic E-state index is 11.3. The zero-order valence-electron chi connectivity index (χ0n) is 11.7. The molecule has 0 aliphatic rings. The van der Waals surface area contributed by atoms with E-state index in [0.29, 0.717) is 19.4 Å². The Balaban J connectivity index is 2.52. The van der Waals surface area contributed by atoms with Crippen molar-refractivity contribution in [3.05, 3.63) is 48.6 Å². The minimum Gasteiger partial charge on any atom is -0.460 e. The molecule has 0 aromatic heterocycles. The Morgan fingerprint density at radius 1 is 1.37 bits per heavy atom. The summed E-state index contributed by atoms with van der Waals surface area (Å²) in [5.41, 5.74) is 1.10. The molecule has 0 saturated carbocycles. The molecule has 2 atom stereocenters. The predicted molar refractivity (Wildman–Crippen MR) is 75.7 cm³/mol. The highest BCUT2D eigenvalue weighted by Gasteiger charge is 2.20. The average Bonchev–Trinajstić information content (AvgIpc) is 2.44. The van der Waals surface area contributed by atoms with Crippen molar-refractivity contribution < 1.29 is 14.3 Å². The van der Waals surface area contributed by atoms with E-state index in [1.54, 1.807) is 13.0 Å². The van der Waals surface area contributed by atoms with Gasteiger partial charge in [0.05, 0.1) is 12.7 Å². The highest BCUT2D eigenvalue weighted by atomic mass is 16.6. The Morgan fingerprint density at radius 2 is 2.05 bits per heavy atom. The van der Waals surface area contributed by atoms with Crippen LogP contribution < -0.4 is 0 Å². The number of rotatable bonds is 8. The Bertz CT molecular complexity index is 386. The third kappa shape index (κ3) is 5.71. The van der Waals surface area contributed by atoms with Crippen molar-refractivity contribution in [1.82, 2.24) is 0 Å². The van der Waals surface area contributed by atoms with E-state index in [1.165, 1.54) is 0 Å². The van der Waals surface area contributed by atoms with E-state index in [-0.39, 0.29) is 18.2 Å². The summed E-state index contributed by atoms with van der Waals surface area (Å²) in [5, 5.41) is 0. The molecule has 3 heteroatoms. The molecule has 1 aromatic carbocycles. The molecule has 19 heavy (non-hydrogen) atoms. The molecular formula is C16H22O3. The van der Waals surface area contributed by atoms with Gasteiger partial charge >= 0.3 is 5.97 Å². The zero-order chi connectivity index (χ0) is 14.1. The van der Waals surface area contributed by atoms with Crippen LogP contribution >= 0.6 is 0 Å². The SMILES string of the molecule is C=CC[C@@H](OCc1ccccc1)[C@H](C)OC(=O)CC. The van der Waals surface area contributed by atoms with E-state index in [0.717, 1.165) is 5.56 Å². The molecule has 3 nitrogen and oxygen atoms in total. The summed E-state index contributed by atoms with van der Waals surface area (Å²) in [6, 6.07) is 9.93. The van der Waals surface area contributed by atoms with Crippen molar-refractivity contribution in [2.75, 3.05) is 0 Å². The first-order chi connectivity index (χ1) is 9.17. The van der Waals surface area contributed by atoms with Gasteiger partial charge in [0.15, 0.2) is 0 Å². The number of benzene rings is 1. The van der Waals surface area contributed by atoms with Gasteiger partial charge in [-0.05, 0) is 18.9 Å². The Kier molecular flexibility index (Phi) is 6.90. The lowest BCUT2D eigenvalue weighted by molar-refractivity contribution is -0.156. The third-order valence-corrected chi connectivity index (χ3v) is 2.84. The van der Waals surface area contributed by atoms with Gasteiger partial charge in [0.2, 0.25) is 0 Å². The minimum atomic E-state index is -0.269. The van der Waals surface area contributed by atoms with Crippen molar-refractivity contribution in [3.63, 3.8) is 0 Å². The van der Waals surface area contributed by atoms with Crippen LogP contribution in [0.3, 0.4) is 0 Å². The standard InChI is InChI=1S/C16H22O3/c1-4-9-15(13(3)19-16(17)5-2)18-12-14-10-7-6-8-11-14/h4,6-8,10-11,13,15H,1,5,9,12H2,2-3H3/t13-,15+/m0/s1. The van der Waals surface area contributed by atoms with E-state index in [2.05, 4.69) is 6.58 Å². The largest absolute Gasteiger partial charge is 0.460 e.